The van der Waals surface area contributed by atoms with E-state index in [4.69, 9.17) is 26.4 Å². The topological polar surface area (TPSA) is 64.6 Å². The highest BCUT2D eigenvalue weighted by molar-refractivity contribution is 7.99. The number of aliphatic hydroxyl groups excluding tert-OH is 1. The van der Waals surface area contributed by atoms with Gasteiger partial charge in [0, 0.05) is 45.1 Å². The fourth-order valence-corrected chi connectivity index (χ4v) is 5.12. The van der Waals surface area contributed by atoms with Crippen molar-refractivity contribution in [2.45, 2.75) is 43.2 Å². The van der Waals surface area contributed by atoms with E-state index < -0.39 is 0 Å². The second kappa shape index (κ2) is 9.22. The Morgan fingerprint density at radius 3 is 2.68 bits per heavy atom. The number of hydrogen-bond acceptors (Lipinski definition) is 6. The van der Waals surface area contributed by atoms with Crippen LogP contribution < -0.4 is 4.90 Å². The van der Waals surface area contributed by atoms with E-state index in [-0.39, 0.29) is 12.2 Å². The van der Waals surface area contributed by atoms with Crippen molar-refractivity contribution < 1.29 is 9.84 Å². The lowest BCUT2D eigenvalue weighted by atomic mass is 10.0. The van der Waals surface area contributed by atoms with Crippen LogP contribution in [0.25, 0.3) is 11.0 Å². The summed E-state index contributed by atoms with van der Waals surface area (Å²) in [4.78, 5) is 12.8. The fraction of sp³-hybridized carbons (Fsp3) is 0.650. The van der Waals surface area contributed by atoms with Gasteiger partial charge in [-0.3, -0.25) is 4.90 Å². The number of aliphatic hydroxyl groups is 1. The molecule has 1 aromatic carbocycles. The smallest absolute Gasteiger partial charge is 0.166 e. The molecule has 8 heteroatoms. The van der Waals surface area contributed by atoms with Crippen LogP contribution in [-0.2, 0) is 4.74 Å². The molecule has 1 aliphatic rings. The summed E-state index contributed by atoms with van der Waals surface area (Å²) in [6, 6.07) is 4.07. The number of imidazole rings is 1. The fourth-order valence-electron chi connectivity index (χ4n) is 3.66. The second-order valence-corrected chi connectivity index (χ2v) is 9.85. The van der Waals surface area contributed by atoms with E-state index in [0.29, 0.717) is 5.25 Å². The molecular formula is C20H31ClN4O2S. The minimum absolute atomic E-state index is 0.146. The van der Waals surface area contributed by atoms with Crippen molar-refractivity contribution in [3.8, 4) is 0 Å². The lowest BCUT2D eigenvalue weighted by Gasteiger charge is -2.36. The van der Waals surface area contributed by atoms with Crippen LogP contribution in [0.4, 0.5) is 5.69 Å². The Balaban J connectivity index is 1.71. The summed E-state index contributed by atoms with van der Waals surface area (Å²) in [7, 11) is 1.76. The summed E-state index contributed by atoms with van der Waals surface area (Å²) in [5.74, 6) is 0. The molecule has 1 unspecified atom stereocenters. The third-order valence-electron chi connectivity index (χ3n) is 5.30. The van der Waals surface area contributed by atoms with Crippen molar-refractivity contribution in [1.29, 1.82) is 0 Å². The minimum atomic E-state index is -0.146. The molecule has 1 aromatic heterocycles. The van der Waals surface area contributed by atoms with Crippen molar-refractivity contribution in [2.24, 2.45) is 0 Å². The van der Waals surface area contributed by atoms with Crippen LogP contribution in [0.2, 0.25) is 5.02 Å². The number of aromatic amines is 1. The normalized spacial score (nSPS) is 17.4. The Bertz CT molecular complexity index is 790. The maximum absolute atomic E-state index is 9.11. The van der Waals surface area contributed by atoms with Crippen LogP contribution in [0.1, 0.15) is 27.2 Å². The predicted molar refractivity (Wildman–Crippen MR) is 118 cm³/mol. The molecule has 0 radical (unpaired) electrons. The number of fused-ring (bicyclic) bond motifs is 1. The standard InChI is InChI=1S/C20H31ClN4O2S/c1-14(13-20(2,3)27-4)28-19-22-16-11-15(21)18(12-17(16)23-19)25-7-5-24(6-8-25)9-10-26/h11-12,14,26H,5-10,13H2,1-4H3,(H,22,23). The van der Waals surface area contributed by atoms with Gasteiger partial charge in [0.15, 0.2) is 5.16 Å². The van der Waals surface area contributed by atoms with Gasteiger partial charge in [-0.2, -0.15) is 0 Å². The highest BCUT2D eigenvalue weighted by atomic mass is 35.5. The highest BCUT2D eigenvalue weighted by Gasteiger charge is 2.23. The Morgan fingerprint density at radius 1 is 1.32 bits per heavy atom. The number of benzene rings is 1. The number of β-amino-alcohol motifs (C(OH)–C–C–N with tert-alkyl or cyclic N) is 1. The van der Waals surface area contributed by atoms with Crippen LogP contribution in [0.15, 0.2) is 17.3 Å². The van der Waals surface area contributed by atoms with E-state index >= 15 is 0 Å². The number of hydrogen-bond donors (Lipinski definition) is 2. The maximum atomic E-state index is 9.11. The Hall–Kier alpha value is -0.990. The number of ether oxygens (including phenoxy) is 1. The van der Waals surface area contributed by atoms with Gasteiger partial charge in [-0.25, -0.2) is 4.98 Å². The van der Waals surface area contributed by atoms with E-state index in [0.717, 1.165) is 66.0 Å². The molecule has 2 aromatic rings. The third-order valence-corrected chi connectivity index (χ3v) is 6.59. The molecule has 1 aliphatic heterocycles. The van der Waals surface area contributed by atoms with E-state index in [1.54, 1.807) is 18.9 Å². The number of methoxy groups -OCH3 is 1. The quantitative estimate of drug-likeness (QED) is 0.628. The van der Waals surface area contributed by atoms with Gasteiger partial charge in [0.25, 0.3) is 0 Å². The van der Waals surface area contributed by atoms with Crippen LogP contribution in [0.5, 0.6) is 0 Å². The van der Waals surface area contributed by atoms with Gasteiger partial charge in [-0.15, -0.1) is 0 Å². The molecular weight excluding hydrogens is 396 g/mol. The van der Waals surface area contributed by atoms with Crippen LogP contribution >= 0.6 is 23.4 Å². The summed E-state index contributed by atoms with van der Waals surface area (Å²) >= 11 is 8.32. The molecule has 1 atom stereocenters. The number of aromatic nitrogens is 2. The third kappa shape index (κ3) is 5.33. The summed E-state index contributed by atoms with van der Waals surface area (Å²) in [5.41, 5.74) is 2.80. The van der Waals surface area contributed by atoms with Crippen molar-refractivity contribution in [1.82, 2.24) is 14.9 Å². The number of nitrogens with zero attached hydrogens (tertiary/aromatic N) is 3. The Labute approximate surface area is 176 Å². The van der Waals surface area contributed by atoms with E-state index in [2.05, 4.69) is 41.6 Å². The molecule has 1 saturated heterocycles. The highest BCUT2D eigenvalue weighted by Crippen LogP contribution is 2.34. The average molecular weight is 427 g/mol. The van der Waals surface area contributed by atoms with Gasteiger partial charge in [-0.1, -0.05) is 30.3 Å². The van der Waals surface area contributed by atoms with E-state index in [1.807, 2.05) is 6.07 Å². The predicted octanol–water partition coefficient (Wildman–Crippen LogP) is 3.63. The molecule has 0 amide bonds. The monoisotopic (exact) mass is 426 g/mol. The largest absolute Gasteiger partial charge is 0.395 e. The van der Waals surface area contributed by atoms with Gasteiger partial charge >= 0.3 is 0 Å². The molecule has 3 rings (SSSR count). The molecule has 0 saturated carbocycles. The number of anilines is 1. The Morgan fingerprint density at radius 2 is 2.04 bits per heavy atom. The first-order valence-electron chi connectivity index (χ1n) is 9.80. The zero-order valence-electron chi connectivity index (χ0n) is 17.2. The number of H-pyrrole nitrogens is 1. The number of thioether (sulfide) groups is 1. The van der Waals surface area contributed by atoms with Crippen LogP contribution in [-0.4, -0.2) is 77.3 Å². The first-order valence-corrected chi connectivity index (χ1v) is 11.1. The molecule has 0 bridgehead atoms. The molecule has 2 heterocycles. The summed E-state index contributed by atoms with van der Waals surface area (Å²) in [6.45, 7) is 11.0. The van der Waals surface area contributed by atoms with Gasteiger partial charge in [0.05, 0.1) is 34.0 Å². The lowest BCUT2D eigenvalue weighted by molar-refractivity contribution is 0.0162. The number of rotatable bonds is 8. The van der Waals surface area contributed by atoms with Gasteiger partial charge in [0.1, 0.15) is 0 Å². The minimum Gasteiger partial charge on any atom is -0.395 e. The van der Waals surface area contributed by atoms with Crippen molar-refractivity contribution in [3.63, 3.8) is 0 Å². The first kappa shape index (κ1) is 21.7. The molecule has 1 fully saturated rings. The van der Waals surface area contributed by atoms with Gasteiger partial charge in [-0.05, 0) is 32.4 Å². The first-order chi connectivity index (χ1) is 13.3. The summed E-state index contributed by atoms with van der Waals surface area (Å²) in [6.07, 6.45) is 0.940. The van der Waals surface area contributed by atoms with Crippen LogP contribution in [0, 0.1) is 0 Å². The van der Waals surface area contributed by atoms with Crippen LogP contribution in [0.3, 0.4) is 0 Å². The zero-order chi connectivity index (χ0) is 20.3. The van der Waals surface area contributed by atoms with Crippen molar-refractivity contribution >= 4 is 40.1 Å². The molecule has 2 N–H and O–H groups in total. The Kier molecular flexibility index (Phi) is 7.15. The maximum Gasteiger partial charge on any atom is 0.166 e. The molecule has 156 valence electrons. The van der Waals surface area contributed by atoms with Crippen molar-refractivity contribution in [3.05, 3.63) is 17.2 Å². The summed E-state index contributed by atoms with van der Waals surface area (Å²) in [5, 5.41) is 11.1. The van der Waals surface area contributed by atoms with Gasteiger partial charge < -0.3 is 19.7 Å². The molecule has 28 heavy (non-hydrogen) atoms. The second-order valence-electron chi connectivity index (χ2n) is 8.01. The van der Waals surface area contributed by atoms with Crippen molar-refractivity contribution in [2.75, 3.05) is 51.3 Å². The molecule has 0 spiro atoms. The van der Waals surface area contributed by atoms with E-state index in [9.17, 15) is 0 Å². The van der Waals surface area contributed by atoms with Gasteiger partial charge in [0.2, 0.25) is 0 Å². The SMILES string of the molecule is COC(C)(C)CC(C)Sc1nc2cc(N3CCN(CCO)CC3)c(Cl)cc2[nH]1. The molecule has 0 aliphatic carbocycles. The number of halogens is 1. The lowest BCUT2D eigenvalue weighted by Crippen LogP contribution is -2.47. The zero-order valence-corrected chi connectivity index (χ0v) is 18.7. The average Bonchev–Trinajstić information content (AvgIpc) is 3.02. The summed E-state index contributed by atoms with van der Waals surface area (Å²) < 4.78 is 5.54. The number of piperazine rings is 1. The molecule has 6 nitrogen and oxygen atoms in total. The number of nitrogens with one attached hydrogen (secondary N) is 1. The van der Waals surface area contributed by atoms with E-state index in [1.165, 1.54) is 0 Å².